The normalized spacial score (nSPS) is 18.4. The molecule has 0 bridgehead atoms. The quantitative estimate of drug-likeness (QED) is 0.750. The summed E-state index contributed by atoms with van der Waals surface area (Å²) < 4.78 is 5.16. The molecule has 4 heteroatoms. The topological polar surface area (TPSA) is 58.6 Å². The SMILES string of the molecule is CC(C)(C)OC(=O)N[C@@H](CCO)C1CC1. The van der Waals surface area contributed by atoms with Crippen molar-refractivity contribution in [2.75, 3.05) is 6.61 Å². The van der Waals surface area contributed by atoms with E-state index in [9.17, 15) is 4.79 Å². The molecule has 1 fully saturated rings. The Morgan fingerprint density at radius 3 is 2.53 bits per heavy atom. The van der Waals surface area contributed by atoms with Crippen molar-refractivity contribution < 1.29 is 14.6 Å². The largest absolute Gasteiger partial charge is 0.444 e. The van der Waals surface area contributed by atoms with Crippen LogP contribution in [0.5, 0.6) is 0 Å². The van der Waals surface area contributed by atoms with Crippen LogP contribution in [0.2, 0.25) is 0 Å². The van der Waals surface area contributed by atoms with Crippen LogP contribution in [0.1, 0.15) is 40.0 Å². The summed E-state index contributed by atoms with van der Waals surface area (Å²) in [7, 11) is 0. The summed E-state index contributed by atoms with van der Waals surface area (Å²) in [5, 5.41) is 11.7. The van der Waals surface area contributed by atoms with E-state index >= 15 is 0 Å². The Bertz CT molecular complexity index is 218. The van der Waals surface area contributed by atoms with Crippen molar-refractivity contribution in [1.29, 1.82) is 0 Å². The van der Waals surface area contributed by atoms with Crippen molar-refractivity contribution in [3.8, 4) is 0 Å². The lowest BCUT2D eigenvalue weighted by Gasteiger charge is -2.23. The second-order valence-corrected chi connectivity index (χ2v) is 5.10. The van der Waals surface area contributed by atoms with E-state index in [4.69, 9.17) is 9.84 Å². The van der Waals surface area contributed by atoms with E-state index in [2.05, 4.69) is 5.32 Å². The van der Waals surface area contributed by atoms with Crippen molar-refractivity contribution in [1.82, 2.24) is 5.32 Å². The lowest BCUT2D eigenvalue weighted by atomic mass is 10.1. The molecule has 1 rings (SSSR count). The van der Waals surface area contributed by atoms with Crippen LogP contribution in [0.15, 0.2) is 0 Å². The smallest absolute Gasteiger partial charge is 0.407 e. The first kappa shape index (κ1) is 12.3. The van der Waals surface area contributed by atoms with Crippen LogP contribution in [-0.2, 0) is 4.74 Å². The molecule has 88 valence electrons. The predicted octanol–water partition coefficient (Wildman–Crippen LogP) is 1.67. The average Bonchev–Trinajstić information content (AvgIpc) is 2.81. The Hall–Kier alpha value is -0.770. The Morgan fingerprint density at radius 2 is 2.13 bits per heavy atom. The minimum Gasteiger partial charge on any atom is -0.444 e. The van der Waals surface area contributed by atoms with E-state index in [1.54, 1.807) is 0 Å². The summed E-state index contributed by atoms with van der Waals surface area (Å²) in [5.74, 6) is 0.532. The molecule has 1 atom stereocenters. The highest BCUT2D eigenvalue weighted by atomic mass is 16.6. The summed E-state index contributed by atoms with van der Waals surface area (Å²) in [4.78, 5) is 11.5. The molecule has 1 aliphatic carbocycles. The summed E-state index contributed by atoms with van der Waals surface area (Å²) in [6.07, 6.45) is 2.51. The Labute approximate surface area is 91.0 Å². The van der Waals surface area contributed by atoms with Gasteiger partial charge in [0.25, 0.3) is 0 Å². The van der Waals surface area contributed by atoms with Crippen LogP contribution in [0.4, 0.5) is 4.79 Å². The number of amides is 1. The highest BCUT2D eigenvalue weighted by Gasteiger charge is 2.32. The summed E-state index contributed by atoms with van der Waals surface area (Å²) in [5.41, 5.74) is -0.461. The van der Waals surface area contributed by atoms with Gasteiger partial charge in [0, 0.05) is 12.6 Å². The van der Waals surface area contributed by atoms with Gasteiger partial charge in [-0.3, -0.25) is 0 Å². The highest BCUT2D eigenvalue weighted by molar-refractivity contribution is 5.68. The standard InChI is InChI=1S/C11H21NO3/c1-11(2,3)15-10(14)12-9(6-7-13)8-4-5-8/h8-9,13H,4-7H2,1-3H3,(H,12,14)/t9-/m0/s1. The number of alkyl carbamates (subject to hydrolysis) is 1. The molecule has 1 amide bonds. The molecule has 0 spiro atoms. The van der Waals surface area contributed by atoms with Crippen LogP contribution in [0.3, 0.4) is 0 Å². The zero-order chi connectivity index (χ0) is 11.5. The molecule has 0 radical (unpaired) electrons. The number of carbonyl (C=O) groups excluding carboxylic acids is 1. The fourth-order valence-electron chi connectivity index (χ4n) is 1.52. The third-order valence-electron chi connectivity index (χ3n) is 2.33. The maximum absolute atomic E-state index is 11.5. The number of rotatable bonds is 4. The predicted molar refractivity (Wildman–Crippen MR) is 57.6 cm³/mol. The van der Waals surface area contributed by atoms with E-state index < -0.39 is 5.60 Å². The minimum atomic E-state index is -0.461. The second kappa shape index (κ2) is 4.84. The molecule has 0 saturated heterocycles. The first-order valence-electron chi connectivity index (χ1n) is 5.53. The molecule has 0 unspecified atom stereocenters. The zero-order valence-electron chi connectivity index (χ0n) is 9.75. The monoisotopic (exact) mass is 215 g/mol. The number of hydrogen-bond donors (Lipinski definition) is 2. The fraction of sp³-hybridized carbons (Fsp3) is 0.909. The van der Waals surface area contributed by atoms with Crippen LogP contribution >= 0.6 is 0 Å². The summed E-state index contributed by atoms with van der Waals surface area (Å²) >= 11 is 0. The molecule has 1 aliphatic rings. The summed E-state index contributed by atoms with van der Waals surface area (Å²) in [6.45, 7) is 5.62. The summed E-state index contributed by atoms with van der Waals surface area (Å²) in [6, 6.07) is 0.0739. The van der Waals surface area contributed by atoms with Crippen LogP contribution in [0, 0.1) is 5.92 Å². The molecule has 4 nitrogen and oxygen atoms in total. The van der Waals surface area contributed by atoms with Crippen LogP contribution in [0.25, 0.3) is 0 Å². The Balaban J connectivity index is 2.33. The molecule has 0 aromatic heterocycles. The molecular formula is C11H21NO3. The molecule has 15 heavy (non-hydrogen) atoms. The highest BCUT2D eigenvalue weighted by Crippen LogP contribution is 2.34. The Kier molecular flexibility index (Phi) is 3.97. The van der Waals surface area contributed by atoms with Crippen molar-refractivity contribution in [2.24, 2.45) is 5.92 Å². The zero-order valence-corrected chi connectivity index (χ0v) is 9.75. The van der Waals surface area contributed by atoms with Gasteiger partial charge >= 0.3 is 6.09 Å². The number of ether oxygens (including phenoxy) is 1. The molecule has 0 aromatic carbocycles. The maximum Gasteiger partial charge on any atom is 0.407 e. The van der Waals surface area contributed by atoms with Crippen molar-refractivity contribution in [3.05, 3.63) is 0 Å². The molecule has 2 N–H and O–H groups in total. The van der Waals surface area contributed by atoms with Gasteiger partial charge in [-0.15, -0.1) is 0 Å². The third kappa shape index (κ3) is 5.02. The number of carbonyl (C=O) groups is 1. The number of nitrogens with one attached hydrogen (secondary N) is 1. The molecule has 0 heterocycles. The number of aliphatic hydroxyl groups excluding tert-OH is 1. The molecular weight excluding hydrogens is 194 g/mol. The van der Waals surface area contributed by atoms with Crippen molar-refractivity contribution in [3.63, 3.8) is 0 Å². The minimum absolute atomic E-state index is 0.0739. The van der Waals surface area contributed by atoms with E-state index in [0.29, 0.717) is 12.3 Å². The van der Waals surface area contributed by atoms with E-state index in [-0.39, 0.29) is 18.7 Å². The van der Waals surface area contributed by atoms with E-state index in [0.717, 1.165) is 12.8 Å². The van der Waals surface area contributed by atoms with Crippen LogP contribution < -0.4 is 5.32 Å². The van der Waals surface area contributed by atoms with Gasteiger partial charge in [-0.1, -0.05) is 0 Å². The number of hydrogen-bond acceptors (Lipinski definition) is 3. The van der Waals surface area contributed by atoms with Gasteiger partial charge in [0.05, 0.1) is 0 Å². The van der Waals surface area contributed by atoms with Crippen molar-refractivity contribution in [2.45, 2.75) is 51.7 Å². The van der Waals surface area contributed by atoms with Gasteiger partial charge in [-0.2, -0.15) is 0 Å². The van der Waals surface area contributed by atoms with Gasteiger partial charge in [0.1, 0.15) is 5.60 Å². The first-order chi connectivity index (χ1) is 6.92. The lowest BCUT2D eigenvalue weighted by molar-refractivity contribution is 0.0490. The van der Waals surface area contributed by atoms with E-state index in [1.807, 2.05) is 20.8 Å². The maximum atomic E-state index is 11.5. The molecule has 1 saturated carbocycles. The lowest BCUT2D eigenvalue weighted by Crippen LogP contribution is -2.40. The van der Waals surface area contributed by atoms with Crippen molar-refractivity contribution >= 4 is 6.09 Å². The molecule has 0 aromatic rings. The fourth-order valence-corrected chi connectivity index (χ4v) is 1.52. The van der Waals surface area contributed by atoms with Gasteiger partial charge in [0.15, 0.2) is 0 Å². The Morgan fingerprint density at radius 1 is 1.53 bits per heavy atom. The van der Waals surface area contributed by atoms with Gasteiger partial charge in [-0.25, -0.2) is 4.79 Å². The third-order valence-corrected chi connectivity index (χ3v) is 2.33. The van der Waals surface area contributed by atoms with Gasteiger partial charge in [0.2, 0.25) is 0 Å². The van der Waals surface area contributed by atoms with E-state index in [1.165, 1.54) is 0 Å². The molecule has 0 aliphatic heterocycles. The van der Waals surface area contributed by atoms with Gasteiger partial charge < -0.3 is 15.2 Å². The second-order valence-electron chi connectivity index (χ2n) is 5.10. The number of aliphatic hydroxyl groups is 1. The van der Waals surface area contributed by atoms with Gasteiger partial charge in [-0.05, 0) is 46.0 Å². The first-order valence-corrected chi connectivity index (χ1v) is 5.53. The average molecular weight is 215 g/mol. The van der Waals surface area contributed by atoms with Crippen LogP contribution in [-0.4, -0.2) is 29.4 Å².